The molecule has 0 aromatic heterocycles. The zero-order valence-corrected chi connectivity index (χ0v) is 24.3. The SMILES string of the molecule is NC(Cc1ccccc1)P(=O)(O)CC(Cc1ccccc1)C(=O)N[C@@H](Cc1ccccc1)C(=O)OCc1ccccc1. The highest BCUT2D eigenvalue weighted by Gasteiger charge is 2.36. The highest BCUT2D eigenvalue weighted by molar-refractivity contribution is 7.58. The van der Waals surface area contributed by atoms with Crippen molar-refractivity contribution in [2.75, 3.05) is 6.16 Å². The Morgan fingerprint density at radius 1 is 0.690 bits per heavy atom. The van der Waals surface area contributed by atoms with Crippen LogP contribution in [0.3, 0.4) is 0 Å². The van der Waals surface area contributed by atoms with Crippen LogP contribution in [-0.4, -0.2) is 34.8 Å². The van der Waals surface area contributed by atoms with Crippen LogP contribution in [0.4, 0.5) is 0 Å². The van der Waals surface area contributed by atoms with E-state index in [1.54, 1.807) is 0 Å². The van der Waals surface area contributed by atoms with Gasteiger partial charge in [-0.15, -0.1) is 0 Å². The van der Waals surface area contributed by atoms with E-state index in [0.29, 0.717) is 0 Å². The zero-order valence-electron chi connectivity index (χ0n) is 23.4. The van der Waals surface area contributed by atoms with E-state index in [4.69, 9.17) is 10.5 Å². The van der Waals surface area contributed by atoms with Crippen molar-refractivity contribution in [2.45, 2.75) is 37.7 Å². The summed E-state index contributed by atoms with van der Waals surface area (Å²) in [5.41, 5.74) is 9.60. The van der Waals surface area contributed by atoms with E-state index in [-0.39, 0.29) is 32.0 Å². The number of benzene rings is 4. The van der Waals surface area contributed by atoms with Gasteiger partial charge in [0.1, 0.15) is 12.6 Å². The first-order chi connectivity index (χ1) is 20.3. The standard InChI is InChI=1S/C34H37N2O5P/c35-32(23-28-17-9-3-10-18-28)42(39,40)25-30(21-26-13-5-1-6-14-26)33(37)36-31(22-27-15-7-2-8-16-27)34(38)41-24-29-19-11-4-12-20-29/h1-20,30-32H,21-25,35H2,(H,36,37)(H,39,40)/t30?,31-,32?/m0/s1. The molecule has 1 amide bonds. The fraction of sp³-hybridized carbons (Fsp3) is 0.235. The third-order valence-electron chi connectivity index (χ3n) is 7.09. The van der Waals surface area contributed by atoms with E-state index in [1.165, 1.54) is 0 Å². The molecule has 0 heterocycles. The maximum atomic E-state index is 13.8. The Morgan fingerprint density at radius 2 is 1.12 bits per heavy atom. The van der Waals surface area contributed by atoms with Crippen LogP contribution in [0.5, 0.6) is 0 Å². The molecule has 7 nitrogen and oxygen atoms in total. The van der Waals surface area contributed by atoms with Crippen molar-refractivity contribution in [2.24, 2.45) is 11.7 Å². The molecule has 0 aliphatic carbocycles. The van der Waals surface area contributed by atoms with Crippen molar-refractivity contribution in [1.82, 2.24) is 5.32 Å². The van der Waals surface area contributed by atoms with E-state index in [0.717, 1.165) is 22.3 Å². The van der Waals surface area contributed by atoms with E-state index >= 15 is 0 Å². The smallest absolute Gasteiger partial charge is 0.329 e. The summed E-state index contributed by atoms with van der Waals surface area (Å²) < 4.78 is 19.1. The number of nitrogens with one attached hydrogen (secondary N) is 1. The van der Waals surface area contributed by atoms with Crippen molar-refractivity contribution >= 4 is 19.2 Å². The minimum atomic E-state index is -3.98. The van der Waals surface area contributed by atoms with Gasteiger partial charge >= 0.3 is 5.97 Å². The second-order valence-corrected chi connectivity index (χ2v) is 13.0. The van der Waals surface area contributed by atoms with Gasteiger partial charge in [0.15, 0.2) is 0 Å². The topological polar surface area (TPSA) is 119 Å². The Kier molecular flexibility index (Phi) is 11.2. The minimum absolute atomic E-state index is 0.0639. The Bertz CT molecular complexity index is 1450. The molecule has 4 aromatic rings. The molecule has 4 aromatic carbocycles. The van der Waals surface area contributed by atoms with Crippen molar-refractivity contribution in [3.05, 3.63) is 144 Å². The summed E-state index contributed by atoms with van der Waals surface area (Å²) >= 11 is 0. The van der Waals surface area contributed by atoms with Crippen LogP contribution in [0.2, 0.25) is 0 Å². The lowest BCUT2D eigenvalue weighted by Gasteiger charge is -2.26. The van der Waals surface area contributed by atoms with Gasteiger partial charge in [0.05, 0.1) is 11.7 Å². The Labute approximate surface area is 247 Å². The predicted octanol–water partition coefficient (Wildman–Crippen LogP) is 5.11. The second kappa shape index (κ2) is 15.3. The summed E-state index contributed by atoms with van der Waals surface area (Å²) in [7, 11) is -3.98. The molecular weight excluding hydrogens is 547 g/mol. The largest absolute Gasteiger partial charge is 0.459 e. The van der Waals surface area contributed by atoms with Gasteiger partial charge in [-0.3, -0.25) is 9.36 Å². The van der Waals surface area contributed by atoms with Crippen LogP contribution in [0.1, 0.15) is 22.3 Å². The average Bonchev–Trinajstić information content (AvgIpc) is 3.01. The molecule has 0 aliphatic rings. The molecule has 0 aliphatic heterocycles. The van der Waals surface area contributed by atoms with E-state index in [9.17, 15) is 19.0 Å². The summed E-state index contributed by atoms with van der Waals surface area (Å²) in [5, 5.41) is 2.85. The molecule has 4 rings (SSSR count). The lowest BCUT2D eigenvalue weighted by Crippen LogP contribution is -2.47. The number of hydrogen-bond donors (Lipinski definition) is 3. The summed E-state index contributed by atoms with van der Waals surface area (Å²) in [6.07, 6.45) is 0.310. The van der Waals surface area contributed by atoms with Gasteiger partial charge in [0.25, 0.3) is 0 Å². The highest BCUT2D eigenvalue weighted by atomic mass is 31.2. The maximum absolute atomic E-state index is 13.8. The number of esters is 1. The lowest BCUT2D eigenvalue weighted by molar-refractivity contribution is -0.149. The number of carbonyl (C=O) groups is 2. The number of nitrogens with two attached hydrogens (primary N) is 1. The maximum Gasteiger partial charge on any atom is 0.329 e. The lowest BCUT2D eigenvalue weighted by atomic mass is 9.99. The third-order valence-corrected chi connectivity index (χ3v) is 9.27. The zero-order chi connectivity index (χ0) is 29.8. The highest BCUT2D eigenvalue weighted by Crippen LogP contribution is 2.47. The number of carbonyl (C=O) groups excluding carboxylic acids is 2. The van der Waals surface area contributed by atoms with Gasteiger partial charge in [0.2, 0.25) is 13.3 Å². The van der Waals surface area contributed by atoms with Crippen molar-refractivity contribution < 1.29 is 23.8 Å². The van der Waals surface area contributed by atoms with Gasteiger partial charge in [-0.1, -0.05) is 121 Å². The van der Waals surface area contributed by atoms with E-state index < -0.39 is 37.0 Å². The molecule has 3 unspecified atom stereocenters. The monoisotopic (exact) mass is 584 g/mol. The van der Waals surface area contributed by atoms with Crippen molar-refractivity contribution in [3.8, 4) is 0 Å². The molecule has 4 atom stereocenters. The molecule has 0 spiro atoms. The molecule has 4 N–H and O–H groups in total. The number of hydrogen-bond acceptors (Lipinski definition) is 5. The Morgan fingerprint density at radius 3 is 1.62 bits per heavy atom. The first-order valence-electron chi connectivity index (χ1n) is 14.0. The molecule has 8 heteroatoms. The second-order valence-electron chi connectivity index (χ2n) is 10.4. The van der Waals surface area contributed by atoms with E-state index in [2.05, 4.69) is 5.32 Å². The molecule has 0 bridgehead atoms. The predicted molar refractivity (Wildman–Crippen MR) is 165 cm³/mol. The minimum Gasteiger partial charge on any atom is -0.459 e. The van der Waals surface area contributed by atoms with Gasteiger partial charge in [-0.2, -0.15) is 0 Å². The number of amides is 1. The van der Waals surface area contributed by atoms with Crippen molar-refractivity contribution in [1.29, 1.82) is 0 Å². The molecular formula is C34H37N2O5P. The fourth-order valence-corrected chi connectivity index (χ4v) is 6.44. The Hall–Kier alpha value is -4.03. The third kappa shape index (κ3) is 9.52. The van der Waals surface area contributed by atoms with Crippen molar-refractivity contribution in [3.63, 3.8) is 0 Å². The molecule has 0 saturated heterocycles. The molecule has 0 fully saturated rings. The summed E-state index contributed by atoms with van der Waals surface area (Å²) in [6, 6.07) is 36.2. The van der Waals surface area contributed by atoms with Gasteiger partial charge in [-0.25, -0.2) is 4.79 Å². The molecule has 42 heavy (non-hydrogen) atoms. The molecule has 0 radical (unpaired) electrons. The summed E-state index contributed by atoms with van der Waals surface area (Å²) in [5.74, 6) is -3.02. The van der Waals surface area contributed by atoms with Crippen LogP contribution in [-0.2, 0) is 44.8 Å². The number of ether oxygens (including phenoxy) is 1. The Balaban J connectivity index is 1.53. The van der Waals surface area contributed by atoms with Gasteiger partial charge in [-0.05, 0) is 35.1 Å². The van der Waals surface area contributed by atoms with Crippen LogP contribution < -0.4 is 11.1 Å². The number of rotatable bonds is 14. The molecule has 0 saturated carbocycles. The first-order valence-corrected chi connectivity index (χ1v) is 15.9. The summed E-state index contributed by atoms with van der Waals surface area (Å²) in [4.78, 5) is 38.2. The summed E-state index contributed by atoms with van der Waals surface area (Å²) in [6.45, 7) is 0.0639. The van der Waals surface area contributed by atoms with Crippen LogP contribution >= 0.6 is 7.37 Å². The van der Waals surface area contributed by atoms with E-state index in [1.807, 2.05) is 121 Å². The quantitative estimate of drug-likeness (QED) is 0.140. The molecule has 218 valence electrons. The van der Waals surface area contributed by atoms with Crippen LogP contribution in [0, 0.1) is 5.92 Å². The normalized spacial score (nSPS) is 14.6. The van der Waals surface area contributed by atoms with Gasteiger partial charge < -0.3 is 20.7 Å². The average molecular weight is 585 g/mol. The van der Waals surface area contributed by atoms with Crippen LogP contribution in [0.25, 0.3) is 0 Å². The van der Waals surface area contributed by atoms with Crippen LogP contribution in [0.15, 0.2) is 121 Å². The van der Waals surface area contributed by atoms with Gasteiger partial charge in [0, 0.05) is 12.6 Å². The fourth-order valence-electron chi connectivity index (χ4n) is 4.75. The first kappa shape index (κ1) is 30.9.